The minimum absolute atomic E-state index is 0.0613. The molecule has 2 aromatic heterocycles. The molecule has 0 spiro atoms. The van der Waals surface area contributed by atoms with E-state index in [1.807, 2.05) is 24.3 Å². The molecule has 1 saturated carbocycles. The van der Waals surface area contributed by atoms with Crippen molar-refractivity contribution in [3.8, 4) is 33.9 Å². The minimum atomic E-state index is -0.343. The normalized spacial score (nSPS) is 14.1. The number of rotatable bonds is 5. The van der Waals surface area contributed by atoms with Crippen LogP contribution in [0.5, 0.6) is 0 Å². The van der Waals surface area contributed by atoms with Crippen molar-refractivity contribution in [2.75, 3.05) is 0 Å². The molecule has 4 aromatic rings. The smallest absolute Gasteiger partial charge is 0.251 e. The van der Waals surface area contributed by atoms with Crippen LogP contribution < -0.4 is 5.32 Å². The molecule has 0 atom stereocenters. The Morgan fingerprint density at radius 1 is 1.12 bits per heavy atom. The second kappa shape index (κ2) is 8.42. The first kappa shape index (κ1) is 20.2. The third kappa shape index (κ3) is 3.93. The quantitative estimate of drug-likeness (QED) is 0.437. The van der Waals surface area contributed by atoms with Crippen molar-refractivity contribution >= 4 is 5.91 Å². The Hall–Kier alpha value is -3.74. The van der Waals surface area contributed by atoms with Crippen LogP contribution in [-0.4, -0.2) is 27.1 Å². The second-order valence-electron chi connectivity index (χ2n) is 8.14. The van der Waals surface area contributed by atoms with Crippen LogP contribution in [0.4, 0.5) is 4.39 Å². The van der Waals surface area contributed by atoms with E-state index in [9.17, 15) is 9.18 Å². The first-order valence-electron chi connectivity index (χ1n) is 10.8. The van der Waals surface area contributed by atoms with Crippen molar-refractivity contribution in [1.29, 1.82) is 0 Å². The summed E-state index contributed by atoms with van der Waals surface area (Å²) in [5.41, 5.74) is 3.90. The molecule has 7 heteroatoms. The summed E-state index contributed by atoms with van der Waals surface area (Å²) in [5, 5.41) is 7.24. The van der Waals surface area contributed by atoms with Crippen molar-refractivity contribution in [1.82, 2.24) is 20.4 Å². The van der Waals surface area contributed by atoms with Crippen molar-refractivity contribution in [3.05, 3.63) is 71.9 Å². The van der Waals surface area contributed by atoms with Gasteiger partial charge in [-0.05, 0) is 44.0 Å². The number of benzene rings is 2. The van der Waals surface area contributed by atoms with Crippen LogP contribution in [0.25, 0.3) is 33.9 Å². The van der Waals surface area contributed by atoms with Gasteiger partial charge in [-0.2, -0.15) is 0 Å². The first-order chi connectivity index (χ1) is 15.6. The summed E-state index contributed by atoms with van der Waals surface area (Å²) in [6.07, 6.45) is 6.18. The lowest BCUT2D eigenvalue weighted by atomic mass is 10.0. The van der Waals surface area contributed by atoms with Gasteiger partial charge in [0.05, 0.1) is 11.3 Å². The fraction of sp³-hybridized carbons (Fsp3) is 0.240. The molecule has 2 aromatic carbocycles. The average molecular weight is 430 g/mol. The Balaban J connectivity index is 1.44. The Labute approximate surface area is 184 Å². The number of H-pyrrole nitrogens is 1. The number of carbonyl (C=O) groups is 1. The number of aromatic amines is 1. The first-order valence-corrected chi connectivity index (χ1v) is 10.8. The van der Waals surface area contributed by atoms with Crippen LogP contribution in [-0.2, 0) is 0 Å². The van der Waals surface area contributed by atoms with Crippen molar-refractivity contribution < 1.29 is 13.7 Å². The predicted octanol–water partition coefficient (Wildman–Crippen LogP) is 5.52. The standard InChI is InChI=1S/C25H23FN4O2/c1-15-22(23(30-32-15)16-6-5-9-19(26)13-16)21-14-27-24(29-21)17-7-4-8-18(12-17)25(31)28-20-10-2-3-11-20/h4-9,12-14,20H,2-3,10-11H2,1H3,(H,27,29)(H,28,31). The molecular weight excluding hydrogens is 407 g/mol. The Morgan fingerprint density at radius 3 is 2.72 bits per heavy atom. The van der Waals surface area contributed by atoms with Crippen LogP contribution in [0.2, 0.25) is 0 Å². The van der Waals surface area contributed by atoms with Gasteiger partial charge in [-0.3, -0.25) is 4.79 Å². The van der Waals surface area contributed by atoms with E-state index in [-0.39, 0.29) is 17.8 Å². The molecular formula is C25H23FN4O2. The number of hydrogen-bond donors (Lipinski definition) is 2. The summed E-state index contributed by atoms with van der Waals surface area (Å²) in [5.74, 6) is 0.812. The van der Waals surface area contributed by atoms with Gasteiger partial charge in [-0.1, -0.05) is 42.3 Å². The topological polar surface area (TPSA) is 83.8 Å². The number of halogens is 1. The third-order valence-corrected chi connectivity index (χ3v) is 5.88. The average Bonchev–Trinajstić information content (AvgIpc) is 3.55. The molecule has 0 radical (unpaired) electrons. The van der Waals surface area contributed by atoms with Gasteiger partial charge in [0.1, 0.15) is 23.1 Å². The summed E-state index contributed by atoms with van der Waals surface area (Å²) in [4.78, 5) is 20.6. The van der Waals surface area contributed by atoms with E-state index >= 15 is 0 Å². The second-order valence-corrected chi connectivity index (χ2v) is 8.14. The van der Waals surface area contributed by atoms with Crippen LogP contribution in [0, 0.1) is 12.7 Å². The van der Waals surface area contributed by atoms with Gasteiger partial charge >= 0.3 is 0 Å². The number of nitrogens with one attached hydrogen (secondary N) is 2. The van der Waals surface area contributed by atoms with E-state index in [1.165, 1.54) is 25.0 Å². The Morgan fingerprint density at radius 2 is 1.91 bits per heavy atom. The number of nitrogens with zero attached hydrogens (tertiary/aromatic N) is 2. The maximum atomic E-state index is 13.7. The van der Waals surface area contributed by atoms with E-state index in [1.54, 1.807) is 25.3 Å². The summed E-state index contributed by atoms with van der Waals surface area (Å²) in [6, 6.07) is 13.9. The molecule has 32 heavy (non-hydrogen) atoms. The van der Waals surface area contributed by atoms with Gasteiger partial charge in [-0.15, -0.1) is 0 Å². The fourth-order valence-electron chi connectivity index (χ4n) is 4.25. The van der Waals surface area contributed by atoms with Crippen molar-refractivity contribution in [3.63, 3.8) is 0 Å². The number of carbonyl (C=O) groups excluding carboxylic acids is 1. The minimum Gasteiger partial charge on any atom is -0.360 e. The maximum Gasteiger partial charge on any atom is 0.251 e. The molecule has 1 aliphatic carbocycles. The van der Waals surface area contributed by atoms with Crippen LogP contribution >= 0.6 is 0 Å². The van der Waals surface area contributed by atoms with Crippen LogP contribution in [0.1, 0.15) is 41.8 Å². The Kier molecular flexibility index (Phi) is 5.31. The molecule has 0 bridgehead atoms. The van der Waals surface area contributed by atoms with E-state index in [2.05, 4.69) is 15.5 Å². The summed E-state index contributed by atoms with van der Waals surface area (Å²) in [7, 11) is 0. The van der Waals surface area contributed by atoms with Crippen LogP contribution in [0.15, 0.2) is 59.3 Å². The molecule has 1 fully saturated rings. The van der Waals surface area contributed by atoms with E-state index in [0.29, 0.717) is 39.7 Å². The zero-order valence-electron chi connectivity index (χ0n) is 17.7. The van der Waals surface area contributed by atoms with E-state index in [4.69, 9.17) is 9.51 Å². The number of hydrogen-bond acceptors (Lipinski definition) is 4. The lowest BCUT2D eigenvalue weighted by Crippen LogP contribution is -2.32. The highest BCUT2D eigenvalue weighted by Gasteiger charge is 2.21. The lowest BCUT2D eigenvalue weighted by molar-refractivity contribution is 0.0938. The number of imidazole rings is 1. The molecule has 0 unspecified atom stereocenters. The van der Waals surface area contributed by atoms with Gasteiger partial charge in [-0.25, -0.2) is 9.37 Å². The zero-order valence-corrected chi connectivity index (χ0v) is 17.7. The van der Waals surface area contributed by atoms with Gasteiger partial charge in [0.25, 0.3) is 5.91 Å². The van der Waals surface area contributed by atoms with Gasteiger partial charge < -0.3 is 14.8 Å². The number of aryl methyl sites for hydroxylation is 1. The Bertz CT molecular complexity index is 1270. The maximum absolute atomic E-state index is 13.7. The monoisotopic (exact) mass is 430 g/mol. The highest BCUT2D eigenvalue weighted by Crippen LogP contribution is 2.34. The molecule has 6 nitrogen and oxygen atoms in total. The molecule has 2 N–H and O–H groups in total. The largest absolute Gasteiger partial charge is 0.360 e. The molecule has 5 rings (SSSR count). The molecule has 1 aliphatic rings. The van der Waals surface area contributed by atoms with Gasteiger partial charge in [0.15, 0.2) is 0 Å². The number of aromatic nitrogens is 3. The SMILES string of the molecule is Cc1onc(-c2cccc(F)c2)c1-c1c[nH]c(-c2cccc(C(=O)NC3CCCC3)c2)n1. The van der Waals surface area contributed by atoms with E-state index < -0.39 is 0 Å². The molecule has 162 valence electrons. The number of amides is 1. The molecule has 1 amide bonds. The fourth-order valence-corrected chi connectivity index (χ4v) is 4.25. The van der Waals surface area contributed by atoms with E-state index in [0.717, 1.165) is 18.4 Å². The zero-order chi connectivity index (χ0) is 22.1. The molecule has 0 saturated heterocycles. The summed E-state index contributed by atoms with van der Waals surface area (Å²) in [6.45, 7) is 1.80. The van der Waals surface area contributed by atoms with Gasteiger partial charge in [0, 0.05) is 28.9 Å². The predicted molar refractivity (Wildman–Crippen MR) is 119 cm³/mol. The molecule has 0 aliphatic heterocycles. The van der Waals surface area contributed by atoms with Crippen molar-refractivity contribution in [2.24, 2.45) is 0 Å². The molecule has 2 heterocycles. The highest BCUT2D eigenvalue weighted by molar-refractivity contribution is 5.95. The summed E-state index contributed by atoms with van der Waals surface area (Å²) >= 11 is 0. The summed E-state index contributed by atoms with van der Waals surface area (Å²) < 4.78 is 19.1. The van der Waals surface area contributed by atoms with Crippen molar-refractivity contribution in [2.45, 2.75) is 38.6 Å². The third-order valence-electron chi connectivity index (χ3n) is 5.88. The lowest BCUT2D eigenvalue weighted by Gasteiger charge is -2.12. The van der Waals surface area contributed by atoms with Gasteiger partial charge in [0.2, 0.25) is 0 Å². The highest BCUT2D eigenvalue weighted by atomic mass is 19.1. The van der Waals surface area contributed by atoms with Crippen LogP contribution in [0.3, 0.4) is 0 Å².